The normalized spacial score (nSPS) is 10.8. The van der Waals surface area contributed by atoms with Crippen LogP contribution < -0.4 is 4.74 Å². The quantitative estimate of drug-likeness (QED) is 0.255. The summed E-state index contributed by atoms with van der Waals surface area (Å²) in [5, 5.41) is 4.21. The Bertz CT molecular complexity index is 1150. The van der Waals surface area contributed by atoms with E-state index in [0.717, 1.165) is 32.7 Å². The van der Waals surface area contributed by atoms with E-state index in [1.54, 1.807) is 6.92 Å². The third-order valence-electron chi connectivity index (χ3n) is 4.50. The monoisotopic (exact) mass is 338 g/mol. The Balaban J connectivity index is 2.03. The predicted molar refractivity (Wildman–Crippen MR) is 107 cm³/mol. The molecule has 0 N–H and O–H groups in total. The van der Waals surface area contributed by atoms with E-state index < -0.39 is 5.97 Å². The number of hydrogen-bond donors (Lipinski definition) is 0. The van der Waals surface area contributed by atoms with Crippen molar-refractivity contribution < 1.29 is 9.53 Å². The lowest BCUT2D eigenvalue weighted by Crippen LogP contribution is -2.09. The highest BCUT2D eigenvalue weighted by Gasteiger charge is 2.16. The fourth-order valence-corrected chi connectivity index (χ4v) is 3.21. The van der Waals surface area contributed by atoms with Gasteiger partial charge in [-0.25, -0.2) is 4.79 Å². The molecule has 0 atom stereocenters. The first kappa shape index (κ1) is 16.1. The van der Waals surface area contributed by atoms with E-state index in [1.165, 1.54) is 0 Å². The van der Waals surface area contributed by atoms with Crippen molar-refractivity contribution in [2.75, 3.05) is 0 Å². The molecule has 0 saturated carbocycles. The molecule has 126 valence electrons. The van der Waals surface area contributed by atoms with Crippen molar-refractivity contribution in [3.05, 3.63) is 91.0 Å². The zero-order chi connectivity index (χ0) is 18.1. The summed E-state index contributed by atoms with van der Waals surface area (Å²) in [5.74, 6) is 0.162. The van der Waals surface area contributed by atoms with Gasteiger partial charge < -0.3 is 4.74 Å². The summed E-state index contributed by atoms with van der Waals surface area (Å²) in [7, 11) is 0. The molecule has 0 saturated heterocycles. The molecule has 0 aliphatic heterocycles. The van der Waals surface area contributed by atoms with Gasteiger partial charge in [0.15, 0.2) is 0 Å². The average molecular weight is 338 g/mol. The largest absolute Gasteiger partial charge is 0.422 e. The molecule has 0 aliphatic carbocycles. The Labute approximate surface area is 152 Å². The van der Waals surface area contributed by atoms with E-state index in [1.807, 2.05) is 48.5 Å². The summed E-state index contributed by atoms with van der Waals surface area (Å²) >= 11 is 0. The number of esters is 1. The van der Waals surface area contributed by atoms with Crippen LogP contribution in [0.15, 0.2) is 91.0 Å². The highest BCUT2D eigenvalue weighted by molar-refractivity contribution is 6.04. The predicted octanol–water partition coefficient (Wildman–Crippen LogP) is 6.14. The summed E-state index contributed by atoms with van der Waals surface area (Å²) in [6.07, 6.45) is 0. The van der Waals surface area contributed by atoms with Gasteiger partial charge in [0.1, 0.15) is 5.75 Å². The topological polar surface area (TPSA) is 26.3 Å². The van der Waals surface area contributed by atoms with Gasteiger partial charge in [-0.1, -0.05) is 79.4 Å². The number of hydrogen-bond acceptors (Lipinski definition) is 2. The van der Waals surface area contributed by atoms with Crippen LogP contribution in [0.3, 0.4) is 0 Å². The number of ether oxygens (including phenoxy) is 1. The fraction of sp³-hybridized carbons (Fsp3) is 0.0417. The Morgan fingerprint density at radius 3 is 2.08 bits per heavy atom. The Morgan fingerprint density at radius 2 is 1.35 bits per heavy atom. The van der Waals surface area contributed by atoms with E-state index in [9.17, 15) is 4.79 Å². The first-order valence-electron chi connectivity index (χ1n) is 8.53. The summed E-state index contributed by atoms with van der Waals surface area (Å²) in [4.78, 5) is 12.3. The van der Waals surface area contributed by atoms with Gasteiger partial charge in [0.25, 0.3) is 0 Å². The van der Waals surface area contributed by atoms with Crippen molar-refractivity contribution in [1.82, 2.24) is 0 Å². The van der Waals surface area contributed by atoms with Crippen molar-refractivity contribution in [3.8, 4) is 16.9 Å². The Kier molecular flexibility index (Phi) is 4.02. The van der Waals surface area contributed by atoms with Crippen molar-refractivity contribution >= 4 is 27.5 Å². The van der Waals surface area contributed by atoms with E-state index in [-0.39, 0.29) is 0 Å². The van der Waals surface area contributed by atoms with E-state index in [2.05, 4.69) is 36.9 Å². The van der Waals surface area contributed by atoms with Crippen LogP contribution in [-0.4, -0.2) is 5.97 Å². The van der Waals surface area contributed by atoms with Crippen LogP contribution in [-0.2, 0) is 4.79 Å². The number of benzene rings is 4. The van der Waals surface area contributed by atoms with Gasteiger partial charge in [-0.2, -0.15) is 0 Å². The number of carbonyl (C=O) groups is 1. The lowest BCUT2D eigenvalue weighted by molar-refractivity contribution is -0.129. The minimum absolute atomic E-state index is 0.377. The lowest BCUT2D eigenvalue weighted by atomic mass is 9.95. The second-order valence-electron chi connectivity index (χ2n) is 6.36. The molecule has 0 aromatic heterocycles. The summed E-state index contributed by atoms with van der Waals surface area (Å²) in [6, 6.07) is 26.4. The maximum Gasteiger partial charge on any atom is 0.338 e. The van der Waals surface area contributed by atoms with Crippen molar-refractivity contribution in [2.24, 2.45) is 0 Å². The molecule has 0 fully saturated rings. The van der Waals surface area contributed by atoms with Crippen LogP contribution in [0, 0.1) is 0 Å². The van der Waals surface area contributed by atoms with Gasteiger partial charge in [0.05, 0.1) is 0 Å². The number of carbonyl (C=O) groups excluding carboxylic acids is 1. The molecule has 0 aliphatic rings. The van der Waals surface area contributed by atoms with Crippen LogP contribution >= 0.6 is 0 Å². The highest BCUT2D eigenvalue weighted by Crippen LogP contribution is 2.40. The molecule has 4 aromatic rings. The third-order valence-corrected chi connectivity index (χ3v) is 4.50. The second-order valence-corrected chi connectivity index (χ2v) is 6.36. The van der Waals surface area contributed by atoms with Crippen LogP contribution in [0.1, 0.15) is 6.92 Å². The van der Waals surface area contributed by atoms with Gasteiger partial charge in [0, 0.05) is 16.5 Å². The number of rotatable bonds is 3. The van der Waals surface area contributed by atoms with Gasteiger partial charge in [-0.3, -0.25) is 0 Å². The van der Waals surface area contributed by atoms with Crippen molar-refractivity contribution in [1.29, 1.82) is 0 Å². The van der Waals surface area contributed by atoms with Crippen molar-refractivity contribution in [2.45, 2.75) is 6.92 Å². The molecule has 0 spiro atoms. The molecular formula is C24H18O2. The average Bonchev–Trinajstić information content (AvgIpc) is 2.68. The first-order valence-corrected chi connectivity index (χ1v) is 8.53. The molecular weight excluding hydrogens is 320 g/mol. The lowest BCUT2D eigenvalue weighted by Gasteiger charge is -2.15. The van der Waals surface area contributed by atoms with Gasteiger partial charge in [0.2, 0.25) is 0 Å². The molecule has 0 bridgehead atoms. The van der Waals surface area contributed by atoms with Crippen LogP contribution in [0.25, 0.3) is 32.7 Å². The molecule has 0 radical (unpaired) electrons. The Morgan fingerprint density at radius 1 is 0.731 bits per heavy atom. The molecule has 2 nitrogen and oxygen atoms in total. The van der Waals surface area contributed by atoms with E-state index in [4.69, 9.17) is 4.74 Å². The molecule has 26 heavy (non-hydrogen) atoms. The molecule has 2 heteroatoms. The van der Waals surface area contributed by atoms with Crippen LogP contribution in [0.5, 0.6) is 5.75 Å². The maximum absolute atomic E-state index is 12.3. The summed E-state index contributed by atoms with van der Waals surface area (Å²) < 4.78 is 5.79. The smallest absolute Gasteiger partial charge is 0.338 e. The minimum Gasteiger partial charge on any atom is -0.422 e. The standard InChI is InChI=1S/C24H18O2/c1-16(2)24(25)26-23-20-12-6-4-9-18(20)14-15-22(23)21-13-7-10-17-8-3-5-11-19(17)21/h3-15H,1H2,2H3. The SMILES string of the molecule is C=C(C)C(=O)Oc1c(-c2cccc3ccccc23)ccc2ccccc12. The Hall–Kier alpha value is -3.39. The minimum atomic E-state index is -0.414. The van der Waals surface area contributed by atoms with Gasteiger partial charge in [-0.05, 0) is 34.7 Å². The van der Waals surface area contributed by atoms with E-state index in [0.29, 0.717) is 11.3 Å². The summed E-state index contributed by atoms with van der Waals surface area (Å²) in [5.41, 5.74) is 2.32. The van der Waals surface area contributed by atoms with E-state index >= 15 is 0 Å². The third kappa shape index (κ3) is 2.76. The zero-order valence-corrected chi connectivity index (χ0v) is 14.5. The highest BCUT2D eigenvalue weighted by atomic mass is 16.5. The molecule has 0 amide bonds. The molecule has 4 aromatic carbocycles. The second kappa shape index (κ2) is 6.49. The van der Waals surface area contributed by atoms with Crippen LogP contribution in [0.4, 0.5) is 0 Å². The maximum atomic E-state index is 12.3. The fourth-order valence-electron chi connectivity index (χ4n) is 3.21. The van der Waals surface area contributed by atoms with Gasteiger partial charge >= 0.3 is 5.97 Å². The zero-order valence-electron chi connectivity index (χ0n) is 14.5. The summed E-state index contributed by atoms with van der Waals surface area (Å²) in [6.45, 7) is 5.37. The van der Waals surface area contributed by atoms with Crippen LogP contribution in [0.2, 0.25) is 0 Å². The number of fused-ring (bicyclic) bond motifs is 2. The molecule has 4 rings (SSSR count). The van der Waals surface area contributed by atoms with Gasteiger partial charge in [-0.15, -0.1) is 0 Å². The molecule has 0 unspecified atom stereocenters. The van der Waals surface area contributed by atoms with Crippen molar-refractivity contribution in [3.63, 3.8) is 0 Å². The molecule has 0 heterocycles. The first-order chi connectivity index (χ1) is 12.6.